The van der Waals surface area contributed by atoms with Crippen LogP contribution in [-0.2, 0) is 6.42 Å². The Labute approximate surface area is 250 Å². The lowest BCUT2D eigenvalue weighted by Crippen LogP contribution is -2.41. The monoisotopic (exact) mass is 544 g/mol. The molecule has 0 saturated heterocycles. The average molecular weight is 545 g/mol. The highest BCUT2D eigenvalue weighted by Gasteiger charge is 2.47. The number of aryl methyl sites for hydroxylation is 1. The zero-order valence-electron chi connectivity index (χ0n) is 24.7. The van der Waals surface area contributed by atoms with Gasteiger partial charge in [-0.1, -0.05) is 78.5 Å². The van der Waals surface area contributed by atoms with Gasteiger partial charge in [0.05, 0.1) is 0 Å². The summed E-state index contributed by atoms with van der Waals surface area (Å²) in [4.78, 5) is 0. The molecule has 42 heavy (non-hydrogen) atoms. The largest absolute Gasteiger partial charge is 0.0847 e. The van der Waals surface area contributed by atoms with Crippen LogP contribution in [0.2, 0.25) is 0 Å². The average Bonchev–Trinajstić information content (AvgIpc) is 3.37. The lowest BCUT2D eigenvalue weighted by molar-refractivity contribution is 0.367. The van der Waals surface area contributed by atoms with Crippen molar-refractivity contribution in [2.45, 2.75) is 77.0 Å². The van der Waals surface area contributed by atoms with Gasteiger partial charge >= 0.3 is 0 Å². The van der Waals surface area contributed by atoms with Crippen LogP contribution in [0.15, 0.2) is 112 Å². The molecule has 4 atom stereocenters. The predicted molar refractivity (Wildman–Crippen MR) is 175 cm³/mol. The topological polar surface area (TPSA) is 0 Å². The van der Waals surface area contributed by atoms with Crippen molar-refractivity contribution >= 4 is 16.7 Å². The van der Waals surface area contributed by atoms with Crippen molar-refractivity contribution in [1.82, 2.24) is 0 Å². The first-order valence-corrected chi connectivity index (χ1v) is 17.1. The molecule has 0 aromatic heterocycles. The zero-order valence-corrected chi connectivity index (χ0v) is 24.7. The van der Waals surface area contributed by atoms with Gasteiger partial charge in [0.25, 0.3) is 0 Å². The Kier molecular flexibility index (Phi) is 5.20. The van der Waals surface area contributed by atoms with Gasteiger partial charge < -0.3 is 0 Å². The molecule has 0 heterocycles. The quantitative estimate of drug-likeness (QED) is 0.326. The summed E-state index contributed by atoms with van der Waals surface area (Å²) in [5.74, 6) is 2.36. The van der Waals surface area contributed by atoms with Gasteiger partial charge in [-0.05, 0) is 161 Å². The number of fused-ring (bicyclic) bond motifs is 4. The van der Waals surface area contributed by atoms with Crippen molar-refractivity contribution in [2.75, 3.05) is 0 Å². The zero-order chi connectivity index (χ0) is 27.4. The Balaban J connectivity index is 1.32. The molecule has 1 aromatic carbocycles. The number of hydrogen-bond donors (Lipinski definition) is 0. The van der Waals surface area contributed by atoms with Crippen LogP contribution >= 0.6 is 0 Å². The van der Waals surface area contributed by atoms with E-state index in [0.29, 0.717) is 17.8 Å². The van der Waals surface area contributed by atoms with Gasteiger partial charge in [-0.25, -0.2) is 0 Å². The summed E-state index contributed by atoms with van der Waals surface area (Å²) in [5, 5.41) is 3.29. The minimum Gasteiger partial charge on any atom is -0.0847 e. The minimum atomic E-state index is 0.524. The Morgan fingerprint density at radius 3 is 2.67 bits per heavy atom. The van der Waals surface area contributed by atoms with E-state index in [0.717, 1.165) is 12.3 Å². The summed E-state index contributed by atoms with van der Waals surface area (Å²) in [5.41, 5.74) is 19.7. The van der Waals surface area contributed by atoms with Crippen LogP contribution in [0.25, 0.3) is 16.7 Å². The van der Waals surface area contributed by atoms with Crippen LogP contribution in [0.1, 0.15) is 81.8 Å². The lowest BCUT2D eigenvalue weighted by Gasteiger charge is -2.44. The standard InChI is InChI=1S/C42H40/c1-3-10-25(11-4-1)37-33-22-29-14-7-8-15-30(29)23-34(33)38(26-12-5-2-6-13-26)42-35-24-31-17-9-16-27-18-19-28-20-21-32(41(37)42)40(35)39(28)36(27)31/h5,8-10,12-13,15-17,20-21,23,29,31,33,37H,1-4,6-7,11,14,18-19,22,24H2. The summed E-state index contributed by atoms with van der Waals surface area (Å²) in [7, 11) is 0. The van der Waals surface area contributed by atoms with Crippen LogP contribution in [0, 0.1) is 23.7 Å². The number of benzene rings is 1. The number of rotatable bonds is 2. The normalized spacial score (nSPS) is 31.6. The molecular weight excluding hydrogens is 504 g/mol. The molecule has 0 radical (unpaired) electrons. The van der Waals surface area contributed by atoms with Gasteiger partial charge in [0.2, 0.25) is 0 Å². The summed E-state index contributed by atoms with van der Waals surface area (Å²) < 4.78 is 0. The third-order valence-electron chi connectivity index (χ3n) is 12.2. The third-order valence-corrected chi connectivity index (χ3v) is 12.2. The van der Waals surface area contributed by atoms with Crippen LogP contribution in [0.3, 0.4) is 0 Å². The van der Waals surface area contributed by atoms with E-state index in [9.17, 15) is 0 Å². The van der Waals surface area contributed by atoms with Gasteiger partial charge in [0.15, 0.2) is 0 Å². The van der Waals surface area contributed by atoms with E-state index in [1.54, 1.807) is 71.7 Å². The van der Waals surface area contributed by atoms with Gasteiger partial charge in [0.1, 0.15) is 0 Å². The first-order valence-electron chi connectivity index (χ1n) is 17.1. The van der Waals surface area contributed by atoms with Crippen molar-refractivity contribution in [3.63, 3.8) is 0 Å². The molecule has 1 aromatic rings. The second-order valence-corrected chi connectivity index (χ2v) is 14.2. The lowest BCUT2D eigenvalue weighted by atomic mass is 9.59. The van der Waals surface area contributed by atoms with Gasteiger partial charge in [-0.2, -0.15) is 0 Å². The van der Waals surface area contributed by atoms with Crippen LogP contribution in [0.5, 0.6) is 0 Å². The van der Waals surface area contributed by atoms with E-state index in [1.165, 1.54) is 76.2 Å². The summed E-state index contributed by atoms with van der Waals surface area (Å²) in [6.07, 6.45) is 40.2. The summed E-state index contributed by atoms with van der Waals surface area (Å²) in [6, 6.07) is 5.13. The second-order valence-electron chi connectivity index (χ2n) is 14.2. The molecule has 0 aliphatic heterocycles. The fourth-order valence-corrected chi connectivity index (χ4v) is 10.5. The smallest absolute Gasteiger partial charge is 0.0130 e. The third kappa shape index (κ3) is 3.25. The molecule has 0 saturated carbocycles. The first kappa shape index (κ1) is 24.1. The molecule has 208 valence electrons. The van der Waals surface area contributed by atoms with Crippen molar-refractivity contribution in [3.05, 3.63) is 133 Å². The van der Waals surface area contributed by atoms with E-state index in [-0.39, 0.29) is 0 Å². The van der Waals surface area contributed by atoms with Crippen molar-refractivity contribution < 1.29 is 0 Å². The summed E-state index contributed by atoms with van der Waals surface area (Å²) in [6.45, 7) is 0. The fraction of sp³-hybridized carbons (Fsp3) is 0.381. The highest BCUT2D eigenvalue weighted by atomic mass is 14.5. The molecule has 0 fully saturated rings. The Morgan fingerprint density at radius 1 is 0.786 bits per heavy atom. The van der Waals surface area contributed by atoms with Gasteiger partial charge in [-0.15, -0.1) is 0 Å². The maximum absolute atomic E-state index is 2.70. The predicted octanol–water partition coefficient (Wildman–Crippen LogP) is 8.83. The van der Waals surface area contributed by atoms with Crippen LogP contribution in [-0.4, -0.2) is 0 Å². The highest BCUT2D eigenvalue weighted by Crippen LogP contribution is 2.59. The number of hydrogen-bond acceptors (Lipinski definition) is 0. The van der Waals surface area contributed by atoms with E-state index < -0.39 is 0 Å². The Bertz CT molecular complexity index is 1880. The maximum Gasteiger partial charge on any atom is 0.0130 e. The molecule has 0 amide bonds. The molecule has 0 N–H and O–H groups in total. The van der Waals surface area contributed by atoms with Crippen molar-refractivity contribution in [3.8, 4) is 0 Å². The van der Waals surface area contributed by atoms with Crippen molar-refractivity contribution in [2.24, 2.45) is 23.7 Å². The molecular formula is C42H40. The SMILES string of the molecule is C1=CC2CC3=c4c(ccc5c4=C2C(=C1)CC5)C1=C3C(C2=CCCC=C2)=C2C=C3C=CCCC3CC2C1C1=CCCCC1. The van der Waals surface area contributed by atoms with Gasteiger partial charge in [0, 0.05) is 11.8 Å². The summed E-state index contributed by atoms with van der Waals surface area (Å²) >= 11 is 0. The molecule has 9 aliphatic rings. The van der Waals surface area contributed by atoms with E-state index in [2.05, 4.69) is 72.9 Å². The molecule has 0 heteroatoms. The van der Waals surface area contributed by atoms with Crippen LogP contribution in [0.4, 0.5) is 0 Å². The first-order chi connectivity index (χ1) is 20.8. The van der Waals surface area contributed by atoms with Gasteiger partial charge in [-0.3, -0.25) is 0 Å². The molecule has 10 rings (SSSR count). The molecule has 9 aliphatic carbocycles. The highest BCUT2D eigenvalue weighted by molar-refractivity contribution is 6.01. The minimum absolute atomic E-state index is 0.524. The van der Waals surface area contributed by atoms with E-state index in [4.69, 9.17) is 0 Å². The molecule has 0 nitrogen and oxygen atoms in total. The number of allylic oxidation sites excluding steroid dienone is 18. The van der Waals surface area contributed by atoms with E-state index >= 15 is 0 Å². The Hall–Kier alpha value is -3.38. The maximum atomic E-state index is 2.70. The van der Waals surface area contributed by atoms with E-state index in [1.807, 2.05) is 0 Å². The Morgan fingerprint density at radius 2 is 1.76 bits per heavy atom. The second kappa shape index (κ2) is 9.06. The molecule has 0 spiro atoms. The molecule has 4 unspecified atom stereocenters. The molecule has 0 bridgehead atoms. The van der Waals surface area contributed by atoms with Crippen molar-refractivity contribution in [1.29, 1.82) is 0 Å². The fourth-order valence-electron chi connectivity index (χ4n) is 10.5. The van der Waals surface area contributed by atoms with Crippen LogP contribution < -0.4 is 10.4 Å².